The molecule has 2 aromatic rings. The van der Waals surface area contributed by atoms with Crippen LogP contribution in [0.15, 0.2) is 40.8 Å². The van der Waals surface area contributed by atoms with Crippen LogP contribution in [0.1, 0.15) is 10.6 Å². The fraction of sp³-hybridized carbons (Fsp3) is 0.188. The first kappa shape index (κ1) is 19.6. The number of hydrogen-bond donors (Lipinski definition) is 1. The van der Waals surface area contributed by atoms with Crippen molar-refractivity contribution in [3.8, 4) is 0 Å². The highest BCUT2D eigenvalue weighted by Crippen LogP contribution is 2.16. The normalized spacial score (nSPS) is 10.1. The number of furan rings is 1. The van der Waals surface area contributed by atoms with Gasteiger partial charge in [-0.3, -0.25) is 19.7 Å². The molecule has 1 aromatic heterocycles. The van der Waals surface area contributed by atoms with Crippen molar-refractivity contribution in [3.63, 3.8) is 0 Å². The van der Waals surface area contributed by atoms with E-state index in [0.29, 0.717) is 5.69 Å². The highest BCUT2D eigenvalue weighted by Gasteiger charge is 2.20. The largest absolute Gasteiger partial charge is 0.450 e. The predicted octanol–water partition coefficient (Wildman–Crippen LogP) is 1.58. The zero-order chi connectivity index (χ0) is 20.0. The summed E-state index contributed by atoms with van der Waals surface area (Å²) >= 11 is 0. The SMILES string of the molecule is CN(CC(=O)Nc1ccc(F)cc1)C(=O)COC(=O)c1ccc([N+](=O)[O-])o1. The van der Waals surface area contributed by atoms with E-state index in [1.54, 1.807) is 0 Å². The molecule has 2 amide bonds. The average molecular weight is 379 g/mol. The number of hydrogen-bond acceptors (Lipinski definition) is 7. The van der Waals surface area contributed by atoms with Crippen molar-refractivity contribution in [2.75, 3.05) is 25.5 Å². The molecule has 1 aromatic carbocycles. The number of benzene rings is 1. The van der Waals surface area contributed by atoms with E-state index in [4.69, 9.17) is 4.74 Å². The van der Waals surface area contributed by atoms with Gasteiger partial charge in [0.2, 0.25) is 11.7 Å². The molecule has 0 aliphatic heterocycles. The Morgan fingerprint density at radius 2 is 1.89 bits per heavy atom. The minimum Gasteiger partial charge on any atom is -0.450 e. The molecule has 11 heteroatoms. The van der Waals surface area contributed by atoms with E-state index in [1.807, 2.05) is 0 Å². The van der Waals surface area contributed by atoms with Crippen LogP contribution in [0.5, 0.6) is 0 Å². The Morgan fingerprint density at radius 1 is 1.22 bits per heavy atom. The van der Waals surface area contributed by atoms with Gasteiger partial charge in [0.1, 0.15) is 10.7 Å². The number of rotatable bonds is 7. The molecule has 0 aliphatic carbocycles. The van der Waals surface area contributed by atoms with Crippen LogP contribution in [0.4, 0.5) is 16.0 Å². The Kier molecular flexibility index (Phi) is 6.20. The highest BCUT2D eigenvalue weighted by molar-refractivity contribution is 5.95. The quantitative estimate of drug-likeness (QED) is 0.439. The zero-order valence-electron chi connectivity index (χ0n) is 14.0. The van der Waals surface area contributed by atoms with Crippen molar-refractivity contribution < 1.29 is 32.9 Å². The second-order valence-electron chi connectivity index (χ2n) is 5.28. The second kappa shape index (κ2) is 8.56. The van der Waals surface area contributed by atoms with Crippen LogP contribution in [-0.4, -0.2) is 47.8 Å². The molecule has 0 radical (unpaired) electrons. The van der Waals surface area contributed by atoms with Crippen LogP contribution in [0.25, 0.3) is 0 Å². The van der Waals surface area contributed by atoms with Gasteiger partial charge in [0.25, 0.3) is 5.91 Å². The molecule has 1 heterocycles. The summed E-state index contributed by atoms with van der Waals surface area (Å²) in [5, 5.41) is 13.0. The molecule has 10 nitrogen and oxygen atoms in total. The lowest BCUT2D eigenvalue weighted by Gasteiger charge is -2.16. The van der Waals surface area contributed by atoms with Crippen molar-refractivity contribution >= 4 is 29.4 Å². The van der Waals surface area contributed by atoms with Gasteiger partial charge in [-0.05, 0) is 30.3 Å². The van der Waals surface area contributed by atoms with Crippen LogP contribution in [0, 0.1) is 15.9 Å². The first-order chi connectivity index (χ1) is 12.8. The van der Waals surface area contributed by atoms with Crippen LogP contribution in [-0.2, 0) is 14.3 Å². The lowest BCUT2D eigenvalue weighted by atomic mass is 10.3. The van der Waals surface area contributed by atoms with Crippen LogP contribution < -0.4 is 5.32 Å². The van der Waals surface area contributed by atoms with E-state index in [-0.39, 0.29) is 6.54 Å². The molecular weight excluding hydrogens is 365 g/mol. The molecule has 0 saturated heterocycles. The molecule has 0 spiro atoms. The van der Waals surface area contributed by atoms with Crippen LogP contribution >= 0.6 is 0 Å². The van der Waals surface area contributed by atoms with Gasteiger partial charge in [0.05, 0.1) is 12.6 Å². The summed E-state index contributed by atoms with van der Waals surface area (Å²) in [5.41, 5.74) is 0.355. The van der Waals surface area contributed by atoms with E-state index in [0.717, 1.165) is 17.0 Å². The van der Waals surface area contributed by atoms with Gasteiger partial charge in [0.15, 0.2) is 6.61 Å². The molecule has 27 heavy (non-hydrogen) atoms. The average Bonchev–Trinajstić information content (AvgIpc) is 3.11. The number of carbonyl (C=O) groups excluding carboxylic acids is 3. The van der Waals surface area contributed by atoms with Crippen molar-refractivity contribution in [3.05, 3.63) is 58.1 Å². The van der Waals surface area contributed by atoms with E-state index < -0.39 is 46.8 Å². The first-order valence-electron chi connectivity index (χ1n) is 7.47. The highest BCUT2D eigenvalue weighted by atomic mass is 19.1. The monoisotopic (exact) mass is 379 g/mol. The number of likely N-dealkylation sites (N-methyl/N-ethyl adjacent to an activating group) is 1. The molecule has 0 aliphatic rings. The van der Waals surface area contributed by atoms with Gasteiger partial charge in [-0.15, -0.1) is 0 Å². The Hall–Kier alpha value is -3.76. The summed E-state index contributed by atoms with van der Waals surface area (Å²) in [4.78, 5) is 46.1. The van der Waals surface area contributed by atoms with Gasteiger partial charge in [-0.25, -0.2) is 9.18 Å². The van der Waals surface area contributed by atoms with Crippen molar-refractivity contribution in [2.24, 2.45) is 0 Å². The summed E-state index contributed by atoms with van der Waals surface area (Å²) in [6, 6.07) is 7.08. The summed E-state index contributed by atoms with van der Waals surface area (Å²) in [6.45, 7) is -1.02. The smallest absolute Gasteiger partial charge is 0.433 e. The number of nitro groups is 1. The summed E-state index contributed by atoms with van der Waals surface area (Å²) in [5.74, 6) is -3.79. The molecular formula is C16H14FN3O7. The van der Waals surface area contributed by atoms with Crippen LogP contribution in [0.3, 0.4) is 0 Å². The van der Waals surface area contributed by atoms with E-state index in [9.17, 15) is 28.9 Å². The van der Waals surface area contributed by atoms with Crippen molar-refractivity contribution in [1.82, 2.24) is 4.90 Å². The maximum absolute atomic E-state index is 12.8. The van der Waals surface area contributed by atoms with Gasteiger partial charge in [0, 0.05) is 12.7 Å². The maximum atomic E-state index is 12.8. The molecule has 2 rings (SSSR count). The second-order valence-corrected chi connectivity index (χ2v) is 5.28. The van der Waals surface area contributed by atoms with E-state index in [2.05, 4.69) is 9.73 Å². The number of carbonyl (C=O) groups is 3. The standard InChI is InChI=1S/C16H14FN3O7/c1-19(8-13(21)18-11-4-2-10(17)3-5-11)14(22)9-26-16(23)12-6-7-15(27-12)20(24)25/h2-7H,8-9H2,1H3,(H,18,21). The molecule has 0 fully saturated rings. The lowest BCUT2D eigenvalue weighted by molar-refractivity contribution is -0.402. The molecule has 142 valence electrons. The number of nitrogens with one attached hydrogen (secondary N) is 1. The van der Waals surface area contributed by atoms with Gasteiger partial charge in [-0.1, -0.05) is 0 Å². The molecule has 1 N–H and O–H groups in total. The van der Waals surface area contributed by atoms with Crippen molar-refractivity contribution in [1.29, 1.82) is 0 Å². The van der Waals surface area contributed by atoms with E-state index in [1.165, 1.54) is 31.3 Å². The van der Waals surface area contributed by atoms with E-state index >= 15 is 0 Å². The lowest BCUT2D eigenvalue weighted by Crippen LogP contribution is -2.37. The fourth-order valence-electron chi connectivity index (χ4n) is 1.88. The summed E-state index contributed by atoms with van der Waals surface area (Å²) in [7, 11) is 1.32. The van der Waals surface area contributed by atoms with Gasteiger partial charge >= 0.3 is 11.9 Å². The number of amides is 2. The fourth-order valence-corrected chi connectivity index (χ4v) is 1.88. The summed E-state index contributed by atoms with van der Waals surface area (Å²) in [6.07, 6.45) is 0. The maximum Gasteiger partial charge on any atom is 0.433 e. The minimum absolute atomic E-state index is 0.333. The molecule has 0 atom stereocenters. The Labute approximate surface area is 151 Å². The molecule has 0 bridgehead atoms. The first-order valence-corrected chi connectivity index (χ1v) is 7.47. The molecule has 0 unspecified atom stereocenters. The summed E-state index contributed by atoms with van der Waals surface area (Å²) < 4.78 is 22.2. The predicted molar refractivity (Wildman–Crippen MR) is 88.3 cm³/mol. The number of ether oxygens (including phenoxy) is 1. The van der Waals surface area contributed by atoms with Gasteiger partial charge < -0.3 is 19.4 Å². The third-order valence-corrected chi connectivity index (χ3v) is 3.23. The number of halogens is 1. The number of esters is 1. The number of anilines is 1. The Bertz CT molecular complexity index is 863. The Morgan fingerprint density at radius 3 is 2.48 bits per heavy atom. The molecule has 0 saturated carbocycles. The van der Waals surface area contributed by atoms with Gasteiger partial charge in [-0.2, -0.15) is 0 Å². The Balaban J connectivity index is 1.80. The minimum atomic E-state index is -1.05. The zero-order valence-corrected chi connectivity index (χ0v) is 14.0. The number of nitrogens with zero attached hydrogens (tertiary/aromatic N) is 2. The third-order valence-electron chi connectivity index (χ3n) is 3.23. The third kappa shape index (κ3) is 5.63. The van der Waals surface area contributed by atoms with Crippen LogP contribution in [0.2, 0.25) is 0 Å². The topological polar surface area (TPSA) is 132 Å². The van der Waals surface area contributed by atoms with Crippen molar-refractivity contribution in [2.45, 2.75) is 0 Å².